The highest BCUT2D eigenvalue weighted by molar-refractivity contribution is 5.79. The van der Waals surface area contributed by atoms with Gasteiger partial charge in [-0.15, -0.1) is 0 Å². The summed E-state index contributed by atoms with van der Waals surface area (Å²) in [4.78, 5) is 4.27. The van der Waals surface area contributed by atoms with Crippen molar-refractivity contribution in [1.82, 2.24) is 10.6 Å². The Labute approximate surface area is 144 Å². The highest BCUT2D eigenvalue weighted by atomic mass is 16.5. The van der Waals surface area contributed by atoms with Crippen molar-refractivity contribution in [3.05, 3.63) is 65.7 Å². The monoisotopic (exact) mass is 323 g/mol. The minimum Gasteiger partial charge on any atom is -0.489 e. The van der Waals surface area contributed by atoms with Crippen LogP contribution in [0.15, 0.2) is 59.6 Å². The molecule has 2 aromatic rings. The first-order valence-electron chi connectivity index (χ1n) is 8.53. The van der Waals surface area contributed by atoms with Crippen LogP contribution in [0.25, 0.3) is 0 Å². The Bertz CT molecular complexity index is 666. The summed E-state index contributed by atoms with van der Waals surface area (Å²) in [6.45, 7) is 2.35. The molecule has 0 aromatic heterocycles. The molecule has 2 aromatic carbocycles. The summed E-state index contributed by atoms with van der Waals surface area (Å²) in [5.74, 6) is 2.60. The van der Waals surface area contributed by atoms with Crippen molar-refractivity contribution >= 4 is 5.96 Å². The molecule has 0 atom stereocenters. The van der Waals surface area contributed by atoms with Gasteiger partial charge in [-0.25, -0.2) is 0 Å². The smallest absolute Gasteiger partial charge is 0.191 e. The summed E-state index contributed by atoms with van der Waals surface area (Å²) < 4.78 is 5.81. The fourth-order valence-electron chi connectivity index (χ4n) is 2.48. The molecule has 0 aliphatic heterocycles. The van der Waals surface area contributed by atoms with E-state index in [9.17, 15) is 0 Å². The number of nitrogens with zero attached hydrogens (tertiary/aromatic N) is 1. The van der Waals surface area contributed by atoms with E-state index >= 15 is 0 Å². The van der Waals surface area contributed by atoms with Gasteiger partial charge in [-0.1, -0.05) is 42.5 Å². The fraction of sp³-hybridized carbons (Fsp3) is 0.350. The van der Waals surface area contributed by atoms with Crippen molar-refractivity contribution in [3.63, 3.8) is 0 Å². The number of benzene rings is 2. The lowest BCUT2D eigenvalue weighted by Gasteiger charge is -2.12. The number of hydrogen-bond donors (Lipinski definition) is 2. The fourth-order valence-corrected chi connectivity index (χ4v) is 2.48. The van der Waals surface area contributed by atoms with E-state index in [1.165, 1.54) is 24.0 Å². The summed E-state index contributed by atoms with van der Waals surface area (Å²) in [7, 11) is 1.81. The molecule has 4 nitrogen and oxygen atoms in total. The van der Waals surface area contributed by atoms with E-state index in [1.54, 1.807) is 0 Å². The van der Waals surface area contributed by atoms with Crippen molar-refractivity contribution in [2.24, 2.45) is 10.9 Å². The second kappa shape index (κ2) is 8.39. The Hall–Kier alpha value is -2.49. The van der Waals surface area contributed by atoms with Crippen LogP contribution >= 0.6 is 0 Å². The van der Waals surface area contributed by atoms with E-state index in [1.807, 2.05) is 37.4 Å². The first-order chi connectivity index (χ1) is 11.8. The quantitative estimate of drug-likeness (QED) is 0.607. The maximum Gasteiger partial charge on any atom is 0.191 e. The van der Waals surface area contributed by atoms with Crippen LogP contribution in [0.4, 0.5) is 0 Å². The summed E-state index contributed by atoms with van der Waals surface area (Å²) in [5.41, 5.74) is 2.39. The van der Waals surface area contributed by atoms with E-state index in [0.29, 0.717) is 6.61 Å². The number of hydrogen-bond acceptors (Lipinski definition) is 2. The van der Waals surface area contributed by atoms with Gasteiger partial charge in [-0.05, 0) is 42.0 Å². The van der Waals surface area contributed by atoms with Gasteiger partial charge in [0.1, 0.15) is 12.4 Å². The standard InChI is InChI=1S/C20H25N3O/c1-21-20(22-13-16-10-11-16)23-14-17-6-5-7-18(12-17)15-24-19-8-3-2-4-9-19/h2-9,12,16H,10-11,13-15H2,1H3,(H2,21,22,23). The molecular weight excluding hydrogens is 298 g/mol. The zero-order valence-electron chi connectivity index (χ0n) is 14.2. The molecule has 1 saturated carbocycles. The first-order valence-corrected chi connectivity index (χ1v) is 8.53. The van der Waals surface area contributed by atoms with Crippen LogP contribution in [0.1, 0.15) is 24.0 Å². The Balaban J connectivity index is 1.48. The van der Waals surface area contributed by atoms with Crippen LogP contribution in [0, 0.1) is 5.92 Å². The third-order valence-corrected chi connectivity index (χ3v) is 4.08. The number of nitrogens with one attached hydrogen (secondary N) is 2. The molecule has 0 radical (unpaired) electrons. The normalized spacial score (nSPS) is 14.3. The molecule has 1 fully saturated rings. The second-order valence-electron chi connectivity index (χ2n) is 6.17. The average Bonchev–Trinajstić information content (AvgIpc) is 3.46. The molecule has 0 bridgehead atoms. The van der Waals surface area contributed by atoms with E-state index in [-0.39, 0.29) is 0 Å². The molecule has 1 aliphatic rings. The number of rotatable bonds is 7. The summed E-state index contributed by atoms with van der Waals surface area (Å²) in [6.07, 6.45) is 2.68. The highest BCUT2D eigenvalue weighted by Crippen LogP contribution is 2.27. The minimum atomic E-state index is 0.576. The zero-order valence-corrected chi connectivity index (χ0v) is 14.2. The molecule has 0 unspecified atom stereocenters. The van der Waals surface area contributed by atoms with Crippen LogP contribution in [-0.4, -0.2) is 19.6 Å². The van der Waals surface area contributed by atoms with Crippen LogP contribution in [-0.2, 0) is 13.2 Å². The van der Waals surface area contributed by atoms with E-state index < -0.39 is 0 Å². The summed E-state index contributed by atoms with van der Waals surface area (Å²) in [6, 6.07) is 18.3. The predicted molar refractivity (Wildman–Crippen MR) is 98.1 cm³/mol. The van der Waals surface area contributed by atoms with E-state index in [2.05, 4.69) is 39.9 Å². The summed E-state index contributed by atoms with van der Waals surface area (Å²) >= 11 is 0. The number of aliphatic imine (C=N–C) groups is 1. The molecule has 24 heavy (non-hydrogen) atoms. The lowest BCUT2D eigenvalue weighted by molar-refractivity contribution is 0.306. The van der Waals surface area contributed by atoms with Crippen LogP contribution < -0.4 is 15.4 Å². The molecule has 0 saturated heterocycles. The molecule has 0 heterocycles. The zero-order chi connectivity index (χ0) is 16.6. The van der Waals surface area contributed by atoms with Gasteiger partial charge in [0, 0.05) is 20.1 Å². The molecule has 126 valence electrons. The molecular formula is C20H25N3O. The number of guanidine groups is 1. The van der Waals surface area contributed by atoms with Gasteiger partial charge in [0.2, 0.25) is 0 Å². The van der Waals surface area contributed by atoms with Gasteiger partial charge in [-0.3, -0.25) is 4.99 Å². The third kappa shape index (κ3) is 5.30. The van der Waals surface area contributed by atoms with Crippen LogP contribution in [0.3, 0.4) is 0 Å². The molecule has 4 heteroatoms. The molecule has 2 N–H and O–H groups in total. The third-order valence-electron chi connectivity index (χ3n) is 4.08. The summed E-state index contributed by atoms with van der Waals surface area (Å²) in [5, 5.41) is 6.75. The van der Waals surface area contributed by atoms with Crippen molar-refractivity contribution in [1.29, 1.82) is 0 Å². The molecule has 0 amide bonds. The molecule has 3 rings (SSSR count). The lowest BCUT2D eigenvalue weighted by Crippen LogP contribution is -2.37. The largest absolute Gasteiger partial charge is 0.489 e. The SMILES string of the molecule is CN=C(NCc1cccc(COc2ccccc2)c1)NCC1CC1. The van der Waals surface area contributed by atoms with Crippen molar-refractivity contribution in [2.45, 2.75) is 26.0 Å². The van der Waals surface area contributed by atoms with Crippen molar-refractivity contribution in [3.8, 4) is 5.75 Å². The predicted octanol–water partition coefficient (Wildman–Crippen LogP) is 3.34. The maximum atomic E-state index is 5.81. The van der Waals surface area contributed by atoms with Gasteiger partial charge in [-0.2, -0.15) is 0 Å². The van der Waals surface area contributed by atoms with Gasteiger partial charge in [0.25, 0.3) is 0 Å². The van der Waals surface area contributed by atoms with E-state index in [4.69, 9.17) is 4.74 Å². The minimum absolute atomic E-state index is 0.576. The Morgan fingerprint density at radius 1 is 1.04 bits per heavy atom. The molecule has 1 aliphatic carbocycles. The molecule has 0 spiro atoms. The van der Waals surface area contributed by atoms with Crippen LogP contribution in [0.2, 0.25) is 0 Å². The van der Waals surface area contributed by atoms with Gasteiger partial charge >= 0.3 is 0 Å². The maximum absolute atomic E-state index is 5.81. The van der Waals surface area contributed by atoms with Gasteiger partial charge < -0.3 is 15.4 Å². The Kier molecular flexibility index (Phi) is 5.72. The Morgan fingerprint density at radius 3 is 2.58 bits per heavy atom. The topological polar surface area (TPSA) is 45.7 Å². The van der Waals surface area contributed by atoms with Gasteiger partial charge in [0.05, 0.1) is 0 Å². The van der Waals surface area contributed by atoms with Crippen LogP contribution in [0.5, 0.6) is 5.75 Å². The number of para-hydroxylation sites is 1. The number of ether oxygens (including phenoxy) is 1. The van der Waals surface area contributed by atoms with Crippen molar-refractivity contribution < 1.29 is 4.74 Å². The van der Waals surface area contributed by atoms with E-state index in [0.717, 1.165) is 30.7 Å². The van der Waals surface area contributed by atoms with Crippen molar-refractivity contribution in [2.75, 3.05) is 13.6 Å². The second-order valence-corrected chi connectivity index (χ2v) is 6.17. The van der Waals surface area contributed by atoms with Gasteiger partial charge in [0.15, 0.2) is 5.96 Å². The Morgan fingerprint density at radius 2 is 1.83 bits per heavy atom. The first kappa shape index (κ1) is 16.4. The lowest BCUT2D eigenvalue weighted by atomic mass is 10.1. The highest BCUT2D eigenvalue weighted by Gasteiger charge is 2.20. The average molecular weight is 323 g/mol.